The van der Waals surface area contributed by atoms with E-state index in [4.69, 9.17) is 21.4 Å². The van der Waals surface area contributed by atoms with Crippen LogP contribution in [0.3, 0.4) is 0 Å². The van der Waals surface area contributed by atoms with Gasteiger partial charge in [0.2, 0.25) is 11.6 Å². The molecule has 0 spiro atoms. The van der Waals surface area contributed by atoms with Crippen molar-refractivity contribution in [3.05, 3.63) is 35.3 Å². The van der Waals surface area contributed by atoms with E-state index in [0.29, 0.717) is 11.3 Å². The number of methoxy groups -OCH3 is 1. The topological polar surface area (TPSA) is 71.3 Å². The summed E-state index contributed by atoms with van der Waals surface area (Å²) in [6.45, 7) is 0. The van der Waals surface area contributed by atoms with Crippen molar-refractivity contribution in [2.75, 3.05) is 7.11 Å². The number of aromatic hydroxyl groups is 1. The number of fused-ring (bicyclic) bond motifs is 1. The molecular weight excluding hydrogens is 264 g/mol. The summed E-state index contributed by atoms with van der Waals surface area (Å²) >= 11 is 4.88. The molecule has 0 saturated carbocycles. The minimum atomic E-state index is -0.125. The second kappa shape index (κ2) is 4.40. The fraction of sp³-hybridized carbons (Fsp3) is 0.0769. The molecule has 0 aliphatic rings. The molecule has 0 amide bonds. The number of nitrogens with zero attached hydrogens (tertiary/aromatic N) is 1. The number of nitrogens with one attached hydrogen (secondary N) is 1. The lowest BCUT2D eigenvalue weighted by molar-refractivity contribution is 0.413. The predicted octanol–water partition coefficient (Wildman–Crippen LogP) is 3.27. The van der Waals surface area contributed by atoms with Gasteiger partial charge >= 0.3 is 0 Å². The summed E-state index contributed by atoms with van der Waals surface area (Å²) in [6, 6.07) is 7.31. The molecule has 0 aliphatic heterocycles. The summed E-state index contributed by atoms with van der Waals surface area (Å²) in [4.78, 5) is 6.92. The van der Waals surface area contributed by atoms with Crippen molar-refractivity contribution in [3.8, 4) is 23.0 Å². The van der Waals surface area contributed by atoms with Crippen molar-refractivity contribution in [1.82, 2.24) is 9.97 Å². The number of aromatic amines is 1. The molecule has 19 heavy (non-hydrogen) atoms. The van der Waals surface area contributed by atoms with Gasteiger partial charge in [0, 0.05) is 11.6 Å². The van der Waals surface area contributed by atoms with E-state index < -0.39 is 0 Å². The Balaban J connectivity index is 2.43. The Bertz CT molecular complexity index is 807. The zero-order valence-corrected chi connectivity index (χ0v) is 10.8. The molecule has 0 radical (unpaired) electrons. The highest BCUT2D eigenvalue weighted by Crippen LogP contribution is 2.40. The summed E-state index contributed by atoms with van der Waals surface area (Å²) in [5.74, 6) is 0.702. The Morgan fingerprint density at radius 1 is 1.37 bits per heavy atom. The number of pyridine rings is 1. The van der Waals surface area contributed by atoms with Crippen LogP contribution in [0.1, 0.15) is 0 Å². The number of rotatable bonds is 2. The third-order valence-corrected chi connectivity index (χ3v) is 3.01. The lowest BCUT2D eigenvalue weighted by Crippen LogP contribution is -1.90. The van der Waals surface area contributed by atoms with Crippen molar-refractivity contribution in [1.29, 1.82) is 0 Å². The molecule has 2 heterocycles. The van der Waals surface area contributed by atoms with Crippen LogP contribution in [0, 0.1) is 4.84 Å². The summed E-state index contributed by atoms with van der Waals surface area (Å²) in [6.07, 6.45) is 1.70. The largest absolute Gasteiger partial charge is 0.496 e. The molecular formula is C13H10N2O3S. The maximum absolute atomic E-state index is 9.87. The fourth-order valence-electron chi connectivity index (χ4n) is 2.03. The quantitative estimate of drug-likeness (QED) is 0.702. The number of H-pyrrole nitrogens is 1. The molecule has 1 aromatic carbocycles. The third-order valence-electron chi connectivity index (χ3n) is 2.82. The molecule has 2 N–H and O–H groups in total. The van der Waals surface area contributed by atoms with E-state index >= 15 is 0 Å². The summed E-state index contributed by atoms with van der Waals surface area (Å²) in [5, 5.41) is 10.7. The minimum absolute atomic E-state index is 0.107. The molecule has 6 heteroatoms. The van der Waals surface area contributed by atoms with Crippen LogP contribution in [-0.4, -0.2) is 22.2 Å². The number of oxazole rings is 1. The van der Waals surface area contributed by atoms with Crippen LogP contribution in [0.4, 0.5) is 0 Å². The summed E-state index contributed by atoms with van der Waals surface area (Å²) in [7, 11) is 1.55. The first-order valence-corrected chi connectivity index (χ1v) is 5.95. The normalized spacial score (nSPS) is 10.8. The van der Waals surface area contributed by atoms with Gasteiger partial charge in [-0.3, -0.25) is 9.97 Å². The van der Waals surface area contributed by atoms with Gasteiger partial charge in [0.05, 0.1) is 18.2 Å². The van der Waals surface area contributed by atoms with Crippen molar-refractivity contribution in [3.63, 3.8) is 0 Å². The van der Waals surface area contributed by atoms with Gasteiger partial charge in [-0.25, -0.2) is 0 Å². The van der Waals surface area contributed by atoms with Crippen LogP contribution >= 0.6 is 12.2 Å². The van der Waals surface area contributed by atoms with E-state index in [1.54, 1.807) is 19.4 Å². The zero-order valence-electron chi connectivity index (χ0n) is 10.0. The molecule has 0 fully saturated rings. The lowest BCUT2D eigenvalue weighted by Gasteiger charge is -2.09. The van der Waals surface area contributed by atoms with Gasteiger partial charge in [-0.05, 0) is 30.4 Å². The van der Waals surface area contributed by atoms with Crippen molar-refractivity contribution < 1.29 is 14.3 Å². The third kappa shape index (κ3) is 1.86. The lowest BCUT2D eigenvalue weighted by atomic mass is 10.1. The van der Waals surface area contributed by atoms with Crippen LogP contribution in [-0.2, 0) is 0 Å². The number of hydrogen-bond donors (Lipinski definition) is 2. The molecule has 3 aromatic rings. The second-order valence-electron chi connectivity index (χ2n) is 3.91. The van der Waals surface area contributed by atoms with E-state index in [1.165, 1.54) is 0 Å². The van der Waals surface area contributed by atoms with Gasteiger partial charge in [0.1, 0.15) is 5.75 Å². The van der Waals surface area contributed by atoms with Crippen molar-refractivity contribution in [2.45, 2.75) is 0 Å². The summed E-state index contributed by atoms with van der Waals surface area (Å²) in [5.41, 5.74) is 1.40. The van der Waals surface area contributed by atoms with Crippen LogP contribution in [0.25, 0.3) is 22.2 Å². The Morgan fingerprint density at radius 2 is 2.21 bits per heavy atom. The number of aromatic nitrogens is 2. The van der Waals surface area contributed by atoms with Gasteiger partial charge in [-0.2, -0.15) is 0 Å². The molecule has 5 nitrogen and oxygen atoms in total. The molecule has 96 valence electrons. The maximum Gasteiger partial charge on any atom is 0.269 e. The van der Waals surface area contributed by atoms with E-state index in [0.717, 1.165) is 10.9 Å². The number of ether oxygens (including phenoxy) is 1. The molecule has 0 aliphatic carbocycles. The predicted molar refractivity (Wildman–Crippen MR) is 72.8 cm³/mol. The van der Waals surface area contributed by atoms with Crippen LogP contribution < -0.4 is 4.74 Å². The van der Waals surface area contributed by atoms with Gasteiger partial charge < -0.3 is 14.3 Å². The highest BCUT2D eigenvalue weighted by molar-refractivity contribution is 7.71. The Morgan fingerprint density at radius 3 is 2.89 bits per heavy atom. The Labute approximate surface area is 113 Å². The zero-order chi connectivity index (χ0) is 13.4. The number of benzene rings is 1. The average Bonchev–Trinajstić information content (AvgIpc) is 2.76. The van der Waals surface area contributed by atoms with Crippen molar-refractivity contribution >= 4 is 23.1 Å². The highest BCUT2D eigenvalue weighted by atomic mass is 32.1. The monoisotopic (exact) mass is 274 g/mol. The van der Waals surface area contributed by atoms with Crippen LogP contribution in [0.15, 0.2) is 34.9 Å². The molecule has 0 atom stereocenters. The van der Waals surface area contributed by atoms with Gasteiger partial charge in [-0.1, -0.05) is 6.07 Å². The Hall–Kier alpha value is -2.34. The second-order valence-corrected chi connectivity index (χ2v) is 4.28. The smallest absolute Gasteiger partial charge is 0.269 e. The van der Waals surface area contributed by atoms with Crippen molar-refractivity contribution in [2.24, 2.45) is 0 Å². The summed E-state index contributed by atoms with van der Waals surface area (Å²) < 4.78 is 10.7. The van der Waals surface area contributed by atoms with Gasteiger partial charge in [-0.15, -0.1) is 0 Å². The van der Waals surface area contributed by atoms with Gasteiger partial charge in [0.25, 0.3) is 4.84 Å². The maximum atomic E-state index is 9.87. The molecule has 2 aromatic heterocycles. The number of hydrogen-bond acceptors (Lipinski definition) is 5. The SMILES string of the molecule is COc1ccc2ncccc2c1-c1oc(=S)[nH]c1O. The Kier molecular flexibility index (Phi) is 2.72. The van der Waals surface area contributed by atoms with Crippen LogP contribution in [0.5, 0.6) is 11.6 Å². The van der Waals surface area contributed by atoms with E-state index in [9.17, 15) is 5.11 Å². The standard InChI is InChI=1S/C13H10N2O3S/c1-17-9-5-4-8-7(3-2-6-14-8)10(9)11-12(16)15-13(19)18-11/h2-6,16H,1H3,(H,15,19). The van der Waals surface area contributed by atoms with Gasteiger partial charge in [0.15, 0.2) is 0 Å². The average molecular weight is 274 g/mol. The molecule has 0 bridgehead atoms. The molecule has 0 unspecified atom stereocenters. The highest BCUT2D eigenvalue weighted by Gasteiger charge is 2.18. The molecule has 3 rings (SSSR count). The van der Waals surface area contributed by atoms with E-state index in [2.05, 4.69) is 9.97 Å². The first-order valence-electron chi connectivity index (χ1n) is 5.55. The first kappa shape index (κ1) is 11.7. The fourth-order valence-corrected chi connectivity index (χ4v) is 2.21. The van der Waals surface area contributed by atoms with E-state index in [1.807, 2.05) is 18.2 Å². The van der Waals surface area contributed by atoms with E-state index in [-0.39, 0.29) is 16.5 Å². The first-order chi connectivity index (χ1) is 9.20. The molecule has 0 saturated heterocycles. The van der Waals surface area contributed by atoms with Crippen LogP contribution in [0.2, 0.25) is 0 Å². The minimum Gasteiger partial charge on any atom is -0.496 e.